The Morgan fingerprint density at radius 3 is 2.28 bits per heavy atom. The van der Waals surface area contributed by atoms with Crippen LogP contribution in [0.15, 0.2) is 24.3 Å². The van der Waals surface area contributed by atoms with Crippen molar-refractivity contribution in [3.05, 3.63) is 29.8 Å². The number of rotatable bonds is 5. The van der Waals surface area contributed by atoms with Gasteiger partial charge >= 0.3 is 5.97 Å². The number of ether oxygens (including phenoxy) is 1. The fourth-order valence-electron chi connectivity index (χ4n) is 3.60. The molecule has 2 fully saturated rings. The van der Waals surface area contributed by atoms with Gasteiger partial charge in [-0.25, -0.2) is 0 Å². The average Bonchev–Trinajstić information content (AvgIpc) is 2.86. The molecule has 1 aliphatic heterocycles. The molecule has 1 aliphatic carbocycles. The van der Waals surface area contributed by atoms with E-state index in [1.54, 1.807) is 24.3 Å². The van der Waals surface area contributed by atoms with E-state index in [2.05, 4.69) is 0 Å². The first kappa shape index (κ1) is 17.2. The zero-order valence-electron chi connectivity index (χ0n) is 13.9. The summed E-state index contributed by atoms with van der Waals surface area (Å²) >= 11 is 0. The first-order chi connectivity index (χ1) is 12.1. The van der Waals surface area contributed by atoms with Crippen molar-refractivity contribution < 1.29 is 19.1 Å². The summed E-state index contributed by atoms with van der Waals surface area (Å²) < 4.78 is 5.23. The van der Waals surface area contributed by atoms with Crippen LogP contribution in [0.1, 0.15) is 37.7 Å². The van der Waals surface area contributed by atoms with Gasteiger partial charge in [0, 0.05) is 6.54 Å². The molecule has 0 radical (unpaired) electrons. The van der Waals surface area contributed by atoms with Gasteiger partial charge in [-0.05, 0) is 30.5 Å². The SMILES string of the molecule is N#CCc1ccc(OC(=O)CCN2C(=O)[C@H]3CCCC[C@H]3C2=O)cc1. The molecule has 2 aliphatic rings. The number of carbonyl (C=O) groups excluding carboxylic acids is 3. The van der Waals surface area contributed by atoms with Gasteiger partial charge in [-0.15, -0.1) is 0 Å². The van der Waals surface area contributed by atoms with Gasteiger partial charge in [0.25, 0.3) is 0 Å². The second-order valence-electron chi connectivity index (χ2n) is 6.53. The molecule has 1 heterocycles. The van der Waals surface area contributed by atoms with Crippen LogP contribution in [0.2, 0.25) is 0 Å². The minimum Gasteiger partial charge on any atom is -0.426 e. The van der Waals surface area contributed by atoms with Crippen LogP contribution >= 0.6 is 0 Å². The molecule has 1 saturated carbocycles. The Hall–Kier alpha value is -2.68. The lowest BCUT2D eigenvalue weighted by molar-refractivity contribution is -0.141. The van der Waals surface area contributed by atoms with Crippen molar-refractivity contribution in [3.8, 4) is 11.8 Å². The van der Waals surface area contributed by atoms with Crippen LogP contribution in [-0.4, -0.2) is 29.2 Å². The third-order valence-corrected chi connectivity index (χ3v) is 4.91. The highest BCUT2D eigenvalue weighted by molar-refractivity contribution is 6.05. The Kier molecular flexibility index (Phi) is 5.13. The predicted molar refractivity (Wildman–Crippen MR) is 88.2 cm³/mol. The molecule has 0 aromatic heterocycles. The van der Waals surface area contributed by atoms with E-state index in [9.17, 15) is 14.4 Å². The molecule has 25 heavy (non-hydrogen) atoms. The number of nitrogens with zero attached hydrogens (tertiary/aromatic N) is 2. The maximum Gasteiger partial charge on any atom is 0.312 e. The summed E-state index contributed by atoms with van der Waals surface area (Å²) in [6.45, 7) is 0.0794. The lowest BCUT2D eigenvalue weighted by Crippen LogP contribution is -2.33. The molecule has 1 aromatic carbocycles. The van der Waals surface area contributed by atoms with E-state index in [1.807, 2.05) is 6.07 Å². The molecule has 0 bridgehead atoms. The highest BCUT2D eigenvalue weighted by Gasteiger charge is 2.47. The van der Waals surface area contributed by atoms with E-state index < -0.39 is 5.97 Å². The van der Waals surface area contributed by atoms with Gasteiger partial charge in [0.15, 0.2) is 0 Å². The normalized spacial score (nSPS) is 22.4. The molecule has 1 aromatic rings. The number of carbonyl (C=O) groups is 3. The van der Waals surface area contributed by atoms with E-state index in [0.717, 1.165) is 31.2 Å². The molecule has 6 nitrogen and oxygen atoms in total. The first-order valence-corrected chi connectivity index (χ1v) is 8.62. The number of imide groups is 1. The number of likely N-dealkylation sites (tertiary alicyclic amines) is 1. The number of hydrogen-bond donors (Lipinski definition) is 0. The van der Waals surface area contributed by atoms with Crippen molar-refractivity contribution >= 4 is 17.8 Å². The summed E-state index contributed by atoms with van der Waals surface area (Å²) in [6, 6.07) is 8.76. The predicted octanol–water partition coefficient (Wildman–Crippen LogP) is 2.22. The van der Waals surface area contributed by atoms with Crippen LogP contribution in [0, 0.1) is 23.2 Å². The smallest absolute Gasteiger partial charge is 0.312 e. The summed E-state index contributed by atoms with van der Waals surface area (Å²) in [5, 5.41) is 8.63. The van der Waals surface area contributed by atoms with Crippen molar-refractivity contribution in [3.63, 3.8) is 0 Å². The third kappa shape index (κ3) is 3.71. The molecular formula is C19H20N2O4. The lowest BCUT2D eigenvalue weighted by atomic mass is 9.81. The summed E-state index contributed by atoms with van der Waals surface area (Å²) in [6.07, 6.45) is 3.79. The van der Waals surface area contributed by atoms with Crippen LogP contribution in [0.25, 0.3) is 0 Å². The fraction of sp³-hybridized carbons (Fsp3) is 0.474. The average molecular weight is 340 g/mol. The topological polar surface area (TPSA) is 87.5 Å². The molecule has 6 heteroatoms. The molecule has 0 unspecified atom stereocenters. The zero-order chi connectivity index (χ0) is 17.8. The monoisotopic (exact) mass is 340 g/mol. The van der Waals surface area contributed by atoms with Crippen molar-refractivity contribution in [1.29, 1.82) is 5.26 Å². The van der Waals surface area contributed by atoms with Gasteiger partial charge in [0.05, 0.1) is 30.7 Å². The quantitative estimate of drug-likeness (QED) is 0.466. The van der Waals surface area contributed by atoms with Crippen LogP contribution < -0.4 is 4.74 Å². The van der Waals surface area contributed by atoms with E-state index >= 15 is 0 Å². The zero-order valence-corrected chi connectivity index (χ0v) is 13.9. The van der Waals surface area contributed by atoms with Gasteiger partial charge < -0.3 is 4.74 Å². The molecule has 0 spiro atoms. The number of hydrogen-bond acceptors (Lipinski definition) is 5. The second-order valence-corrected chi connectivity index (χ2v) is 6.53. The van der Waals surface area contributed by atoms with Crippen molar-refractivity contribution in [2.45, 2.75) is 38.5 Å². The van der Waals surface area contributed by atoms with Crippen molar-refractivity contribution in [2.75, 3.05) is 6.54 Å². The Labute approximate surface area is 146 Å². The first-order valence-electron chi connectivity index (χ1n) is 8.62. The molecule has 2 amide bonds. The number of amides is 2. The Bertz CT molecular complexity index is 696. The van der Waals surface area contributed by atoms with Gasteiger partial charge in [0.1, 0.15) is 5.75 Å². The summed E-state index contributed by atoms with van der Waals surface area (Å²) in [5.41, 5.74) is 0.846. The Balaban J connectivity index is 1.53. The number of fused-ring (bicyclic) bond motifs is 1. The van der Waals surface area contributed by atoms with Crippen molar-refractivity contribution in [1.82, 2.24) is 4.90 Å². The maximum atomic E-state index is 12.3. The Morgan fingerprint density at radius 2 is 1.72 bits per heavy atom. The molecule has 2 atom stereocenters. The van der Waals surface area contributed by atoms with Crippen LogP contribution in [0.5, 0.6) is 5.75 Å². The van der Waals surface area contributed by atoms with Crippen LogP contribution in [0.3, 0.4) is 0 Å². The lowest BCUT2D eigenvalue weighted by Gasteiger charge is -2.19. The fourth-order valence-corrected chi connectivity index (χ4v) is 3.60. The van der Waals surface area contributed by atoms with Gasteiger partial charge in [-0.1, -0.05) is 25.0 Å². The van der Waals surface area contributed by atoms with E-state index in [4.69, 9.17) is 10.00 Å². The van der Waals surface area contributed by atoms with E-state index in [1.165, 1.54) is 4.90 Å². The molecule has 0 N–H and O–H groups in total. The number of nitriles is 1. The second kappa shape index (κ2) is 7.47. The molecule has 3 rings (SSSR count). The third-order valence-electron chi connectivity index (χ3n) is 4.91. The van der Waals surface area contributed by atoms with Crippen LogP contribution in [-0.2, 0) is 20.8 Å². The van der Waals surface area contributed by atoms with Crippen molar-refractivity contribution in [2.24, 2.45) is 11.8 Å². The largest absolute Gasteiger partial charge is 0.426 e. The standard InChI is InChI=1S/C19H20N2O4/c20-11-9-13-5-7-14(8-6-13)25-17(22)10-12-21-18(23)15-3-1-2-4-16(15)19(21)24/h5-8,15-16H,1-4,9-10,12H2/t15-,16+. The van der Waals surface area contributed by atoms with Gasteiger partial charge in [-0.2, -0.15) is 5.26 Å². The summed E-state index contributed by atoms with van der Waals surface area (Å²) in [5.74, 6) is -0.746. The number of esters is 1. The van der Waals surface area contributed by atoms with Gasteiger partial charge in [-0.3, -0.25) is 19.3 Å². The minimum absolute atomic E-state index is 0.0170. The maximum absolute atomic E-state index is 12.3. The number of benzene rings is 1. The molecule has 1 saturated heterocycles. The summed E-state index contributed by atoms with van der Waals surface area (Å²) in [4.78, 5) is 37.9. The minimum atomic E-state index is -0.483. The van der Waals surface area contributed by atoms with E-state index in [-0.39, 0.29) is 36.6 Å². The Morgan fingerprint density at radius 1 is 1.12 bits per heavy atom. The van der Waals surface area contributed by atoms with E-state index in [0.29, 0.717) is 12.2 Å². The summed E-state index contributed by atoms with van der Waals surface area (Å²) in [7, 11) is 0. The van der Waals surface area contributed by atoms with Crippen LogP contribution in [0.4, 0.5) is 0 Å². The molecular weight excluding hydrogens is 320 g/mol. The van der Waals surface area contributed by atoms with Gasteiger partial charge in [0.2, 0.25) is 11.8 Å². The molecule has 130 valence electrons. The highest BCUT2D eigenvalue weighted by atomic mass is 16.5. The highest BCUT2D eigenvalue weighted by Crippen LogP contribution is 2.37.